The molecule has 0 amide bonds. The minimum absolute atomic E-state index is 0.0460. The average molecular weight is 524 g/mol. The Labute approximate surface area is 180 Å². The summed E-state index contributed by atoms with van der Waals surface area (Å²) in [6.45, 7) is 1.89. The first-order valence-electron chi connectivity index (χ1n) is 8.17. The molecule has 0 bridgehead atoms. The van der Waals surface area contributed by atoms with Gasteiger partial charge in [-0.15, -0.1) is 0 Å². The Kier molecular flexibility index (Phi) is 6.22. The minimum atomic E-state index is -3.75. The Morgan fingerprint density at radius 3 is 2.43 bits per heavy atom. The number of aryl methyl sites for hydroxylation is 1. The maximum absolute atomic E-state index is 12.7. The molecule has 0 aliphatic heterocycles. The first-order chi connectivity index (χ1) is 13.3. The van der Waals surface area contributed by atoms with Gasteiger partial charge in [-0.25, -0.2) is 8.42 Å². The van der Waals surface area contributed by atoms with Crippen LogP contribution in [0.3, 0.4) is 0 Å². The number of nitrogens with one attached hydrogen (secondary N) is 1. The van der Waals surface area contributed by atoms with E-state index in [1.165, 1.54) is 6.21 Å². The fourth-order valence-electron chi connectivity index (χ4n) is 2.42. The maximum Gasteiger partial charge on any atom is 0.261 e. The fourth-order valence-corrected chi connectivity index (χ4v) is 4.75. The summed E-state index contributed by atoms with van der Waals surface area (Å²) in [5, 5.41) is 10.2. The number of rotatable bonds is 5. The number of aliphatic imine (C=N–C) groups is 1. The SMILES string of the molecule is Cc1ccc(S(=O)(=O)Nc2ccccc2N=Cc2cc(Br)cc(Br)c2O)cc1. The van der Waals surface area contributed by atoms with Crippen LogP contribution in [0.1, 0.15) is 11.1 Å². The Morgan fingerprint density at radius 1 is 1.04 bits per heavy atom. The van der Waals surface area contributed by atoms with Gasteiger partial charge in [0.25, 0.3) is 10.0 Å². The minimum Gasteiger partial charge on any atom is -0.506 e. The number of phenols is 1. The number of benzene rings is 3. The van der Waals surface area contributed by atoms with E-state index in [9.17, 15) is 13.5 Å². The molecule has 5 nitrogen and oxygen atoms in total. The molecule has 0 spiro atoms. The van der Waals surface area contributed by atoms with Crippen LogP contribution in [0.5, 0.6) is 5.75 Å². The van der Waals surface area contributed by atoms with Crippen molar-refractivity contribution in [2.75, 3.05) is 4.72 Å². The van der Waals surface area contributed by atoms with Crippen LogP contribution in [0.25, 0.3) is 0 Å². The zero-order valence-corrected chi connectivity index (χ0v) is 18.7. The smallest absolute Gasteiger partial charge is 0.261 e. The van der Waals surface area contributed by atoms with Crippen molar-refractivity contribution in [1.82, 2.24) is 0 Å². The lowest BCUT2D eigenvalue weighted by Crippen LogP contribution is -2.13. The molecular weight excluding hydrogens is 508 g/mol. The predicted molar refractivity (Wildman–Crippen MR) is 119 cm³/mol. The van der Waals surface area contributed by atoms with E-state index >= 15 is 0 Å². The number of nitrogens with zero attached hydrogens (tertiary/aromatic N) is 1. The van der Waals surface area contributed by atoms with Gasteiger partial charge >= 0.3 is 0 Å². The van der Waals surface area contributed by atoms with E-state index < -0.39 is 10.0 Å². The zero-order chi connectivity index (χ0) is 20.3. The third-order valence-corrected chi connectivity index (χ3v) is 6.32. The molecule has 2 N–H and O–H groups in total. The highest BCUT2D eigenvalue weighted by molar-refractivity contribution is 9.11. The third-order valence-electron chi connectivity index (χ3n) is 3.88. The molecule has 0 atom stereocenters. The average Bonchev–Trinajstić information content (AvgIpc) is 2.64. The van der Waals surface area contributed by atoms with Gasteiger partial charge in [0.05, 0.1) is 20.7 Å². The van der Waals surface area contributed by atoms with E-state index in [1.807, 2.05) is 6.92 Å². The Balaban J connectivity index is 1.93. The van der Waals surface area contributed by atoms with E-state index in [0.29, 0.717) is 21.4 Å². The van der Waals surface area contributed by atoms with Crippen LogP contribution in [0, 0.1) is 6.92 Å². The number of para-hydroxylation sites is 2. The predicted octanol–water partition coefficient (Wildman–Crippen LogP) is 5.78. The Hall–Kier alpha value is -2.16. The molecule has 0 aliphatic rings. The summed E-state index contributed by atoms with van der Waals surface area (Å²) in [6, 6.07) is 16.8. The summed E-state index contributed by atoms with van der Waals surface area (Å²) in [6.07, 6.45) is 1.48. The molecular formula is C20H16Br2N2O3S. The second-order valence-electron chi connectivity index (χ2n) is 6.02. The van der Waals surface area contributed by atoms with Crippen molar-refractivity contribution < 1.29 is 13.5 Å². The fraction of sp³-hybridized carbons (Fsp3) is 0.0500. The van der Waals surface area contributed by atoms with Gasteiger partial charge in [-0.2, -0.15) is 0 Å². The van der Waals surface area contributed by atoms with Crippen molar-refractivity contribution in [3.8, 4) is 5.75 Å². The quantitative estimate of drug-likeness (QED) is 0.416. The molecule has 0 unspecified atom stereocenters. The highest BCUT2D eigenvalue weighted by Gasteiger charge is 2.15. The van der Waals surface area contributed by atoms with Crippen molar-refractivity contribution >= 4 is 59.5 Å². The molecule has 0 aromatic heterocycles. The van der Waals surface area contributed by atoms with Crippen LogP contribution < -0.4 is 4.72 Å². The van der Waals surface area contributed by atoms with E-state index in [-0.39, 0.29) is 10.6 Å². The number of hydrogen-bond donors (Lipinski definition) is 2. The van der Waals surface area contributed by atoms with Crippen LogP contribution in [-0.2, 0) is 10.0 Å². The van der Waals surface area contributed by atoms with Crippen molar-refractivity contribution in [2.45, 2.75) is 11.8 Å². The highest BCUT2D eigenvalue weighted by atomic mass is 79.9. The first-order valence-corrected chi connectivity index (χ1v) is 11.2. The summed E-state index contributed by atoms with van der Waals surface area (Å²) < 4.78 is 29.2. The normalized spacial score (nSPS) is 11.7. The summed E-state index contributed by atoms with van der Waals surface area (Å²) >= 11 is 6.64. The van der Waals surface area contributed by atoms with Gasteiger partial charge in [0.2, 0.25) is 0 Å². The summed E-state index contributed by atoms with van der Waals surface area (Å²) in [5.41, 5.74) is 2.22. The van der Waals surface area contributed by atoms with E-state index in [0.717, 1.165) is 10.0 Å². The number of sulfonamides is 1. The Bertz CT molecular complexity index is 1140. The molecule has 8 heteroatoms. The van der Waals surface area contributed by atoms with Gasteiger partial charge in [-0.05, 0) is 59.3 Å². The van der Waals surface area contributed by atoms with Crippen LogP contribution in [0.15, 0.2) is 79.5 Å². The standard InChI is InChI=1S/C20H16Br2N2O3S/c1-13-6-8-16(9-7-13)28(26,27)24-19-5-3-2-4-18(19)23-12-14-10-15(21)11-17(22)20(14)25/h2-12,24-25H,1H3. The monoisotopic (exact) mass is 522 g/mol. The van der Waals surface area contributed by atoms with E-state index in [2.05, 4.69) is 41.6 Å². The van der Waals surface area contributed by atoms with Crippen LogP contribution in [0.2, 0.25) is 0 Å². The summed E-state index contributed by atoms with van der Waals surface area (Å²) in [5.74, 6) is 0.0460. The van der Waals surface area contributed by atoms with Gasteiger partial charge in [0.15, 0.2) is 0 Å². The van der Waals surface area contributed by atoms with Crippen LogP contribution >= 0.6 is 31.9 Å². The summed E-state index contributed by atoms with van der Waals surface area (Å²) in [4.78, 5) is 4.53. The Morgan fingerprint density at radius 2 is 1.71 bits per heavy atom. The first kappa shape index (κ1) is 20.6. The van der Waals surface area contributed by atoms with Crippen LogP contribution in [0.4, 0.5) is 11.4 Å². The molecule has 3 aromatic rings. The number of anilines is 1. The lowest BCUT2D eigenvalue weighted by atomic mass is 10.2. The number of phenolic OH excluding ortho intramolecular Hbond substituents is 1. The molecule has 0 radical (unpaired) electrons. The van der Waals surface area contributed by atoms with Gasteiger partial charge in [0, 0.05) is 16.3 Å². The molecule has 3 aromatic carbocycles. The van der Waals surface area contributed by atoms with Crippen molar-refractivity contribution in [3.05, 3.63) is 80.7 Å². The third kappa shape index (κ3) is 4.81. The van der Waals surface area contributed by atoms with Gasteiger partial charge in [-0.3, -0.25) is 9.71 Å². The van der Waals surface area contributed by atoms with E-state index in [4.69, 9.17) is 0 Å². The maximum atomic E-state index is 12.7. The second-order valence-corrected chi connectivity index (χ2v) is 9.47. The topological polar surface area (TPSA) is 78.8 Å². The molecule has 0 heterocycles. The van der Waals surface area contributed by atoms with Crippen molar-refractivity contribution in [3.63, 3.8) is 0 Å². The largest absolute Gasteiger partial charge is 0.506 e. The summed E-state index contributed by atoms with van der Waals surface area (Å²) in [7, 11) is -3.75. The number of aromatic hydroxyl groups is 1. The zero-order valence-electron chi connectivity index (χ0n) is 14.7. The number of hydrogen-bond acceptors (Lipinski definition) is 4. The van der Waals surface area contributed by atoms with Gasteiger partial charge in [-0.1, -0.05) is 45.8 Å². The molecule has 144 valence electrons. The lowest BCUT2D eigenvalue weighted by molar-refractivity contribution is 0.471. The van der Waals surface area contributed by atoms with Crippen molar-refractivity contribution in [2.24, 2.45) is 4.99 Å². The molecule has 0 fully saturated rings. The highest BCUT2D eigenvalue weighted by Crippen LogP contribution is 2.32. The molecule has 0 saturated heterocycles. The molecule has 0 aliphatic carbocycles. The number of halogens is 2. The van der Waals surface area contributed by atoms with Gasteiger partial charge in [0.1, 0.15) is 5.75 Å². The second kappa shape index (κ2) is 8.46. The lowest BCUT2D eigenvalue weighted by Gasteiger charge is -2.10. The molecule has 3 rings (SSSR count). The van der Waals surface area contributed by atoms with Gasteiger partial charge < -0.3 is 5.11 Å². The molecule has 28 heavy (non-hydrogen) atoms. The van der Waals surface area contributed by atoms with Crippen molar-refractivity contribution in [1.29, 1.82) is 0 Å². The van der Waals surface area contributed by atoms with E-state index in [1.54, 1.807) is 60.7 Å². The molecule has 0 saturated carbocycles. The van der Waals surface area contributed by atoms with Crippen LogP contribution in [-0.4, -0.2) is 19.7 Å².